The first-order chi connectivity index (χ1) is 15.7. The molecule has 2 aromatic carbocycles. The van der Waals surface area contributed by atoms with Gasteiger partial charge in [-0.15, -0.1) is 0 Å². The van der Waals surface area contributed by atoms with Crippen molar-refractivity contribution in [2.75, 3.05) is 5.32 Å². The quantitative estimate of drug-likeness (QED) is 0.383. The second kappa shape index (κ2) is 8.72. The van der Waals surface area contributed by atoms with Crippen LogP contribution in [-0.2, 0) is 13.1 Å². The van der Waals surface area contributed by atoms with Crippen LogP contribution in [-0.4, -0.2) is 24.5 Å². The minimum atomic E-state index is -0.252. The fourth-order valence-corrected chi connectivity index (χ4v) is 3.75. The van der Waals surface area contributed by atoms with Crippen LogP contribution in [0, 0.1) is 5.82 Å². The third-order valence-corrected chi connectivity index (χ3v) is 5.40. The minimum Gasteiger partial charge on any atom is -0.364 e. The van der Waals surface area contributed by atoms with E-state index in [0.717, 1.165) is 33.4 Å². The Morgan fingerprint density at radius 3 is 2.75 bits per heavy atom. The maximum Gasteiger partial charge on any atom is 0.126 e. The van der Waals surface area contributed by atoms with Gasteiger partial charge in [0.1, 0.15) is 11.6 Å². The van der Waals surface area contributed by atoms with Gasteiger partial charge < -0.3 is 9.88 Å². The molecule has 3 aromatic heterocycles. The number of hydrogen-bond donors (Lipinski definition) is 1. The first-order valence-electron chi connectivity index (χ1n) is 10.00. The van der Waals surface area contributed by atoms with Crippen molar-refractivity contribution in [3.05, 3.63) is 102 Å². The van der Waals surface area contributed by atoms with Crippen LogP contribution in [0.1, 0.15) is 11.3 Å². The molecule has 0 radical (unpaired) electrons. The summed E-state index contributed by atoms with van der Waals surface area (Å²) >= 11 is 6.48. The summed E-state index contributed by atoms with van der Waals surface area (Å²) in [5.74, 6) is 0.432. The zero-order valence-corrected chi connectivity index (χ0v) is 17.7. The summed E-state index contributed by atoms with van der Waals surface area (Å²) in [4.78, 5) is 17.2. The summed E-state index contributed by atoms with van der Waals surface area (Å²) in [6, 6.07) is 14.5. The number of pyridine rings is 1. The monoisotopic (exact) mass is 444 g/mol. The van der Waals surface area contributed by atoms with Crippen LogP contribution in [0.5, 0.6) is 0 Å². The number of nitrogens with one attached hydrogen (secondary N) is 1. The van der Waals surface area contributed by atoms with Gasteiger partial charge >= 0.3 is 0 Å². The average Bonchev–Trinajstić information content (AvgIpc) is 3.21. The second-order valence-corrected chi connectivity index (χ2v) is 7.71. The zero-order valence-electron chi connectivity index (χ0n) is 16.9. The lowest BCUT2D eigenvalue weighted by atomic mass is 10.1. The molecule has 0 spiro atoms. The van der Waals surface area contributed by atoms with Crippen molar-refractivity contribution < 1.29 is 4.39 Å². The first-order valence-corrected chi connectivity index (χ1v) is 10.4. The fraction of sp³-hybridized carbons (Fsp3) is 0.0833. The Kier molecular flexibility index (Phi) is 5.47. The fourth-order valence-electron chi connectivity index (χ4n) is 3.54. The van der Waals surface area contributed by atoms with Gasteiger partial charge in [0, 0.05) is 30.7 Å². The standard InChI is InChI=1S/C24H18ClFN6/c25-21-13-30-24(29-12-19-11-27-6-7-28-19)10-20(21)17-4-5-22-23(9-17)32(15-31-22)14-16-2-1-3-18(26)8-16/h1-11,13,15H,12,14H2,(H,29,30). The van der Waals surface area contributed by atoms with E-state index in [1.165, 1.54) is 12.1 Å². The molecule has 8 heteroatoms. The number of anilines is 1. The van der Waals surface area contributed by atoms with E-state index in [0.29, 0.717) is 23.9 Å². The molecule has 6 nitrogen and oxygen atoms in total. The number of aromatic nitrogens is 5. The van der Waals surface area contributed by atoms with Crippen LogP contribution in [0.3, 0.4) is 0 Å². The Morgan fingerprint density at radius 2 is 1.91 bits per heavy atom. The Balaban J connectivity index is 1.45. The molecule has 0 fully saturated rings. The normalized spacial score (nSPS) is 11.1. The predicted octanol–water partition coefficient (Wildman–Crippen LogP) is 5.34. The maximum absolute atomic E-state index is 13.6. The number of halogens is 2. The van der Waals surface area contributed by atoms with Gasteiger partial charge in [0.2, 0.25) is 0 Å². The molecule has 0 unspecified atom stereocenters. The van der Waals surface area contributed by atoms with Crippen molar-refractivity contribution in [1.29, 1.82) is 0 Å². The number of hydrogen-bond acceptors (Lipinski definition) is 5. The van der Waals surface area contributed by atoms with E-state index in [9.17, 15) is 4.39 Å². The van der Waals surface area contributed by atoms with E-state index in [4.69, 9.17) is 11.6 Å². The molecule has 0 aliphatic rings. The summed E-state index contributed by atoms with van der Waals surface area (Å²) in [6.45, 7) is 1.02. The molecule has 0 saturated heterocycles. The van der Waals surface area contributed by atoms with Crippen LogP contribution in [0.25, 0.3) is 22.2 Å². The molecule has 0 bridgehead atoms. The number of rotatable bonds is 6. The van der Waals surface area contributed by atoms with Crippen molar-refractivity contribution in [2.45, 2.75) is 13.1 Å². The van der Waals surface area contributed by atoms with Gasteiger partial charge in [-0.1, -0.05) is 29.8 Å². The summed E-state index contributed by atoms with van der Waals surface area (Å²) in [5, 5.41) is 3.80. The number of fused-ring (bicyclic) bond motifs is 1. The van der Waals surface area contributed by atoms with Crippen molar-refractivity contribution in [3.63, 3.8) is 0 Å². The maximum atomic E-state index is 13.6. The highest BCUT2D eigenvalue weighted by Crippen LogP contribution is 2.31. The Hall–Kier alpha value is -3.84. The number of nitrogens with zero attached hydrogens (tertiary/aromatic N) is 5. The molecule has 158 valence electrons. The van der Waals surface area contributed by atoms with Gasteiger partial charge in [-0.2, -0.15) is 0 Å². The van der Waals surface area contributed by atoms with Gasteiger partial charge in [-0.25, -0.2) is 14.4 Å². The Bertz CT molecular complexity index is 1390. The van der Waals surface area contributed by atoms with Crippen LogP contribution >= 0.6 is 11.6 Å². The lowest BCUT2D eigenvalue weighted by molar-refractivity contribution is 0.624. The minimum absolute atomic E-state index is 0.252. The summed E-state index contributed by atoms with van der Waals surface area (Å²) in [7, 11) is 0. The number of benzene rings is 2. The van der Waals surface area contributed by atoms with Gasteiger partial charge in [0.15, 0.2) is 0 Å². The summed E-state index contributed by atoms with van der Waals surface area (Å²) in [6.07, 6.45) is 8.39. The molecule has 5 rings (SSSR count). The van der Waals surface area contributed by atoms with Gasteiger partial charge in [0.05, 0.1) is 40.8 Å². The second-order valence-electron chi connectivity index (χ2n) is 7.31. The number of imidazole rings is 1. The third kappa shape index (κ3) is 4.29. The summed E-state index contributed by atoms with van der Waals surface area (Å²) in [5.41, 5.74) is 5.27. The topological polar surface area (TPSA) is 68.5 Å². The molecule has 0 amide bonds. The molecule has 3 heterocycles. The van der Waals surface area contributed by atoms with E-state index in [1.807, 2.05) is 34.9 Å². The molecule has 0 saturated carbocycles. The van der Waals surface area contributed by atoms with E-state index in [-0.39, 0.29) is 5.82 Å². The lowest BCUT2D eigenvalue weighted by Crippen LogP contribution is -2.03. The zero-order chi connectivity index (χ0) is 21.9. The molecular formula is C24H18ClFN6. The summed E-state index contributed by atoms with van der Waals surface area (Å²) < 4.78 is 15.6. The highest BCUT2D eigenvalue weighted by molar-refractivity contribution is 6.33. The van der Waals surface area contributed by atoms with Gasteiger partial charge in [0.25, 0.3) is 0 Å². The molecular weight excluding hydrogens is 427 g/mol. The van der Waals surface area contributed by atoms with Crippen molar-refractivity contribution >= 4 is 28.5 Å². The molecule has 1 N–H and O–H groups in total. The molecule has 0 aliphatic carbocycles. The SMILES string of the molecule is Fc1cccc(Cn2cnc3ccc(-c4cc(NCc5cnccn5)ncc4Cl)cc32)c1. The van der Waals surface area contributed by atoms with E-state index >= 15 is 0 Å². The Morgan fingerprint density at radius 1 is 0.969 bits per heavy atom. The Labute approximate surface area is 188 Å². The van der Waals surface area contributed by atoms with Gasteiger partial charge in [-0.3, -0.25) is 9.97 Å². The van der Waals surface area contributed by atoms with Crippen molar-refractivity contribution in [3.8, 4) is 11.1 Å². The van der Waals surface area contributed by atoms with E-state index in [2.05, 4.69) is 25.3 Å². The smallest absolute Gasteiger partial charge is 0.126 e. The van der Waals surface area contributed by atoms with Crippen molar-refractivity contribution in [1.82, 2.24) is 24.5 Å². The highest BCUT2D eigenvalue weighted by Gasteiger charge is 2.10. The third-order valence-electron chi connectivity index (χ3n) is 5.10. The average molecular weight is 445 g/mol. The lowest BCUT2D eigenvalue weighted by Gasteiger charge is -2.10. The highest BCUT2D eigenvalue weighted by atomic mass is 35.5. The molecule has 5 aromatic rings. The largest absolute Gasteiger partial charge is 0.364 e. The van der Waals surface area contributed by atoms with Crippen LogP contribution in [0.2, 0.25) is 5.02 Å². The van der Waals surface area contributed by atoms with Crippen molar-refractivity contribution in [2.24, 2.45) is 0 Å². The predicted molar refractivity (Wildman–Crippen MR) is 123 cm³/mol. The van der Waals surface area contributed by atoms with E-state index in [1.54, 1.807) is 37.2 Å². The van der Waals surface area contributed by atoms with Crippen LogP contribution in [0.4, 0.5) is 10.2 Å². The molecule has 32 heavy (non-hydrogen) atoms. The van der Waals surface area contributed by atoms with Crippen LogP contribution < -0.4 is 5.32 Å². The first kappa shape index (κ1) is 20.1. The van der Waals surface area contributed by atoms with Gasteiger partial charge in [-0.05, 0) is 41.5 Å². The van der Waals surface area contributed by atoms with E-state index < -0.39 is 0 Å². The molecule has 0 aliphatic heterocycles. The van der Waals surface area contributed by atoms with Crippen LogP contribution in [0.15, 0.2) is 79.6 Å². The molecule has 0 atom stereocenters.